The van der Waals surface area contributed by atoms with Gasteiger partial charge in [0.2, 0.25) is 0 Å². The maximum absolute atomic E-state index is 12.2. The molecule has 1 aromatic carbocycles. The van der Waals surface area contributed by atoms with E-state index >= 15 is 0 Å². The molecule has 18 heavy (non-hydrogen) atoms. The molecule has 0 aliphatic heterocycles. The number of halogens is 3. The Morgan fingerprint density at radius 2 is 1.94 bits per heavy atom. The first-order chi connectivity index (χ1) is 8.33. The van der Waals surface area contributed by atoms with Crippen molar-refractivity contribution >= 4 is 5.97 Å². The lowest BCUT2D eigenvalue weighted by molar-refractivity contribution is -0.274. The zero-order valence-electron chi connectivity index (χ0n) is 9.95. The molecule has 0 radical (unpaired) electrons. The van der Waals surface area contributed by atoms with E-state index in [1.54, 1.807) is 13.0 Å². The molecule has 100 valence electrons. The normalized spacial score (nSPS) is 12.9. The van der Waals surface area contributed by atoms with E-state index in [2.05, 4.69) is 9.47 Å². The number of para-hydroxylation sites is 1. The van der Waals surface area contributed by atoms with E-state index in [-0.39, 0.29) is 12.2 Å². The molecular formula is C12H13F3O3. The third kappa shape index (κ3) is 4.27. The summed E-state index contributed by atoms with van der Waals surface area (Å²) in [5.41, 5.74) is 0.320. The largest absolute Gasteiger partial charge is 0.573 e. The molecule has 0 N–H and O–H groups in total. The van der Waals surface area contributed by atoms with Crippen molar-refractivity contribution in [2.75, 3.05) is 7.11 Å². The molecule has 0 amide bonds. The van der Waals surface area contributed by atoms with Crippen LogP contribution in [0, 0.1) is 0 Å². The van der Waals surface area contributed by atoms with Crippen LogP contribution in [0.5, 0.6) is 5.75 Å². The molecule has 6 heteroatoms. The Kier molecular flexibility index (Phi) is 4.58. The van der Waals surface area contributed by atoms with Gasteiger partial charge >= 0.3 is 12.3 Å². The van der Waals surface area contributed by atoms with Crippen molar-refractivity contribution in [3.05, 3.63) is 29.8 Å². The average Bonchev–Trinajstić information content (AvgIpc) is 2.27. The fourth-order valence-electron chi connectivity index (χ4n) is 1.55. The van der Waals surface area contributed by atoms with Crippen molar-refractivity contribution in [3.63, 3.8) is 0 Å². The number of carbonyl (C=O) groups is 1. The van der Waals surface area contributed by atoms with E-state index < -0.39 is 18.2 Å². The summed E-state index contributed by atoms with van der Waals surface area (Å²) < 4.78 is 45.0. The smallest absolute Gasteiger partial charge is 0.469 e. The highest BCUT2D eigenvalue weighted by atomic mass is 19.4. The van der Waals surface area contributed by atoms with E-state index in [9.17, 15) is 18.0 Å². The Labute approximate surface area is 103 Å². The van der Waals surface area contributed by atoms with Gasteiger partial charge in [-0.2, -0.15) is 0 Å². The van der Waals surface area contributed by atoms with Crippen molar-refractivity contribution in [2.45, 2.75) is 25.6 Å². The summed E-state index contributed by atoms with van der Waals surface area (Å²) in [5, 5.41) is 0. The molecule has 0 saturated carbocycles. The van der Waals surface area contributed by atoms with Gasteiger partial charge < -0.3 is 9.47 Å². The van der Waals surface area contributed by atoms with Crippen molar-refractivity contribution in [2.24, 2.45) is 0 Å². The summed E-state index contributed by atoms with van der Waals surface area (Å²) >= 11 is 0. The zero-order chi connectivity index (χ0) is 13.8. The maximum atomic E-state index is 12.2. The number of esters is 1. The van der Waals surface area contributed by atoms with E-state index in [1.807, 2.05) is 0 Å². The van der Waals surface area contributed by atoms with Crippen LogP contribution in [0.3, 0.4) is 0 Å². The molecule has 0 saturated heterocycles. The van der Waals surface area contributed by atoms with Crippen LogP contribution in [-0.4, -0.2) is 19.4 Å². The second-order valence-corrected chi connectivity index (χ2v) is 3.77. The fourth-order valence-corrected chi connectivity index (χ4v) is 1.55. The van der Waals surface area contributed by atoms with Gasteiger partial charge in [0.15, 0.2) is 0 Å². The van der Waals surface area contributed by atoms with Crippen molar-refractivity contribution in [1.29, 1.82) is 0 Å². The second-order valence-electron chi connectivity index (χ2n) is 3.77. The molecule has 0 aliphatic rings. The molecule has 1 aromatic rings. The number of hydrogen-bond donors (Lipinski definition) is 0. The first-order valence-electron chi connectivity index (χ1n) is 5.25. The predicted molar refractivity (Wildman–Crippen MR) is 58.2 cm³/mol. The molecule has 1 unspecified atom stereocenters. The van der Waals surface area contributed by atoms with Gasteiger partial charge in [-0.25, -0.2) is 0 Å². The predicted octanol–water partition coefficient (Wildman–Crippen LogP) is 3.25. The molecule has 3 nitrogen and oxygen atoms in total. The Hall–Kier alpha value is -1.72. The first-order valence-corrected chi connectivity index (χ1v) is 5.25. The summed E-state index contributed by atoms with van der Waals surface area (Å²) in [6, 6.07) is 5.74. The molecule has 1 atom stereocenters. The van der Waals surface area contributed by atoms with E-state index in [4.69, 9.17) is 0 Å². The highest BCUT2D eigenvalue weighted by Gasteiger charge is 2.32. The monoisotopic (exact) mass is 262 g/mol. The Bertz CT molecular complexity index is 415. The van der Waals surface area contributed by atoms with Crippen LogP contribution in [-0.2, 0) is 9.53 Å². The van der Waals surface area contributed by atoms with Crippen LogP contribution in [0.2, 0.25) is 0 Å². The van der Waals surface area contributed by atoms with Gasteiger partial charge in [0.05, 0.1) is 13.5 Å². The number of rotatable bonds is 4. The molecular weight excluding hydrogens is 249 g/mol. The van der Waals surface area contributed by atoms with Gasteiger partial charge in [-0.05, 0) is 17.5 Å². The quantitative estimate of drug-likeness (QED) is 0.781. The highest BCUT2D eigenvalue weighted by molar-refractivity contribution is 5.70. The number of hydrogen-bond acceptors (Lipinski definition) is 3. The number of benzene rings is 1. The van der Waals surface area contributed by atoms with Crippen molar-refractivity contribution < 1.29 is 27.4 Å². The van der Waals surface area contributed by atoms with Crippen molar-refractivity contribution in [1.82, 2.24) is 0 Å². The molecule has 0 bridgehead atoms. The van der Waals surface area contributed by atoms with Crippen LogP contribution >= 0.6 is 0 Å². The lowest BCUT2D eigenvalue weighted by Gasteiger charge is -2.17. The fraction of sp³-hybridized carbons (Fsp3) is 0.417. The van der Waals surface area contributed by atoms with Crippen LogP contribution in [0.1, 0.15) is 24.8 Å². The Balaban J connectivity index is 2.91. The topological polar surface area (TPSA) is 35.5 Å². The van der Waals surface area contributed by atoms with E-state index in [0.717, 1.165) is 0 Å². The molecule has 0 heterocycles. The number of methoxy groups -OCH3 is 1. The van der Waals surface area contributed by atoms with Crippen molar-refractivity contribution in [3.8, 4) is 5.75 Å². The molecule has 1 rings (SSSR count). The first kappa shape index (κ1) is 14.3. The highest BCUT2D eigenvalue weighted by Crippen LogP contribution is 2.32. The van der Waals surface area contributed by atoms with Gasteiger partial charge in [-0.3, -0.25) is 4.79 Å². The minimum Gasteiger partial charge on any atom is -0.469 e. The molecule has 0 spiro atoms. The third-order valence-corrected chi connectivity index (χ3v) is 2.38. The number of ether oxygens (including phenoxy) is 2. The van der Waals surface area contributed by atoms with Gasteiger partial charge in [0, 0.05) is 0 Å². The lowest BCUT2D eigenvalue weighted by Crippen LogP contribution is -2.19. The summed E-state index contributed by atoms with van der Waals surface area (Å²) in [6.45, 7) is 1.63. The van der Waals surface area contributed by atoms with E-state index in [1.165, 1.54) is 25.3 Å². The number of alkyl halides is 3. The summed E-state index contributed by atoms with van der Waals surface area (Å²) in [5.74, 6) is -1.19. The Morgan fingerprint density at radius 1 is 1.33 bits per heavy atom. The third-order valence-electron chi connectivity index (χ3n) is 2.38. The summed E-state index contributed by atoms with van der Waals surface area (Å²) in [4.78, 5) is 11.1. The van der Waals surface area contributed by atoms with Crippen LogP contribution < -0.4 is 4.74 Å². The van der Waals surface area contributed by atoms with Crippen LogP contribution in [0.25, 0.3) is 0 Å². The Morgan fingerprint density at radius 3 is 2.50 bits per heavy atom. The molecule has 0 aliphatic carbocycles. The lowest BCUT2D eigenvalue weighted by atomic mass is 9.97. The van der Waals surface area contributed by atoms with Gasteiger partial charge in [-0.15, -0.1) is 13.2 Å². The van der Waals surface area contributed by atoms with Gasteiger partial charge in [-0.1, -0.05) is 25.1 Å². The minimum atomic E-state index is -4.75. The summed E-state index contributed by atoms with van der Waals surface area (Å²) in [7, 11) is 1.23. The second kappa shape index (κ2) is 5.75. The average molecular weight is 262 g/mol. The number of carbonyl (C=O) groups excluding carboxylic acids is 1. The van der Waals surface area contributed by atoms with E-state index in [0.29, 0.717) is 5.56 Å². The molecule has 0 fully saturated rings. The maximum Gasteiger partial charge on any atom is 0.573 e. The van der Waals surface area contributed by atoms with Crippen LogP contribution in [0.4, 0.5) is 13.2 Å². The van der Waals surface area contributed by atoms with Crippen LogP contribution in [0.15, 0.2) is 24.3 Å². The minimum absolute atomic E-state index is 0.00523. The SMILES string of the molecule is COC(=O)CC(C)c1ccccc1OC(F)(F)F. The standard InChI is InChI=1S/C12H13F3O3/c1-8(7-11(16)17-2)9-5-3-4-6-10(9)18-12(13,14)15/h3-6,8H,7H2,1-2H3. The van der Waals surface area contributed by atoms with Gasteiger partial charge in [0.25, 0.3) is 0 Å². The summed E-state index contributed by atoms with van der Waals surface area (Å²) in [6.07, 6.45) is -4.75. The van der Waals surface area contributed by atoms with Gasteiger partial charge in [0.1, 0.15) is 5.75 Å². The molecule has 0 aromatic heterocycles. The zero-order valence-corrected chi connectivity index (χ0v) is 9.95.